The lowest BCUT2D eigenvalue weighted by Crippen LogP contribution is -2.50. The Hall–Kier alpha value is -3.94. The van der Waals surface area contributed by atoms with Gasteiger partial charge in [0.25, 0.3) is 0 Å². The number of imidazole rings is 1. The number of anilines is 1. The zero-order valence-electron chi connectivity index (χ0n) is 18.9. The molecule has 3 aromatic heterocycles. The van der Waals surface area contributed by atoms with E-state index in [9.17, 15) is 4.79 Å². The molecule has 0 spiro atoms. The van der Waals surface area contributed by atoms with Gasteiger partial charge < -0.3 is 15.4 Å². The summed E-state index contributed by atoms with van der Waals surface area (Å²) in [5, 5.41) is 0. The van der Waals surface area contributed by atoms with Crippen LogP contribution in [0.2, 0.25) is 0 Å². The number of aromatic nitrogens is 4. The van der Waals surface area contributed by atoms with Crippen LogP contribution in [0.15, 0.2) is 60.9 Å². The highest BCUT2D eigenvalue weighted by Crippen LogP contribution is 2.32. The molecule has 0 aliphatic carbocycles. The van der Waals surface area contributed by atoms with Gasteiger partial charge in [0, 0.05) is 37.1 Å². The lowest BCUT2D eigenvalue weighted by atomic mass is 9.92. The number of amides is 1. The zero-order chi connectivity index (χ0) is 23.2. The standard InChI is InChI=1S/C25H26N6O2/c1-25(2,3)33-24(32)30-14-17(15-30)16-8-10-18(11-9-16)31-22(19-6-4-12-27-21(19)26)29-20-7-5-13-28-23(20)31/h4-13,17H,14-15H2,1-3H3,(H2,26,27). The number of nitrogen functional groups attached to an aromatic ring is 1. The normalized spacial score (nSPS) is 14.3. The van der Waals surface area contributed by atoms with Crippen LogP contribution >= 0.6 is 0 Å². The number of carbonyl (C=O) groups excluding carboxylic acids is 1. The summed E-state index contributed by atoms with van der Waals surface area (Å²) in [6, 6.07) is 15.9. The quantitative estimate of drug-likeness (QED) is 0.505. The molecule has 8 heteroatoms. The maximum atomic E-state index is 12.2. The number of pyridine rings is 2. The number of nitrogens with two attached hydrogens (primary N) is 1. The number of likely N-dealkylation sites (tertiary alicyclic amines) is 1. The summed E-state index contributed by atoms with van der Waals surface area (Å²) < 4.78 is 7.45. The molecule has 1 amide bonds. The van der Waals surface area contributed by atoms with E-state index in [0.717, 1.165) is 22.4 Å². The third kappa shape index (κ3) is 4.00. The molecular formula is C25H26N6O2. The summed E-state index contributed by atoms with van der Waals surface area (Å²) in [5.74, 6) is 1.40. The van der Waals surface area contributed by atoms with Gasteiger partial charge >= 0.3 is 6.09 Å². The van der Waals surface area contributed by atoms with E-state index in [1.165, 1.54) is 5.56 Å². The molecular weight excluding hydrogens is 416 g/mol. The Morgan fingerprint density at radius 1 is 1.03 bits per heavy atom. The Balaban J connectivity index is 1.43. The van der Waals surface area contributed by atoms with Gasteiger partial charge in [-0.05, 0) is 62.7 Å². The molecule has 4 aromatic rings. The highest BCUT2D eigenvalue weighted by Gasteiger charge is 2.34. The second-order valence-corrected chi connectivity index (χ2v) is 9.23. The number of carbonyl (C=O) groups is 1. The molecule has 8 nitrogen and oxygen atoms in total. The lowest BCUT2D eigenvalue weighted by Gasteiger charge is -2.40. The number of fused-ring (bicyclic) bond motifs is 1. The molecule has 0 saturated carbocycles. The maximum absolute atomic E-state index is 12.2. The van der Waals surface area contributed by atoms with Gasteiger partial charge in [-0.2, -0.15) is 0 Å². The second kappa shape index (κ2) is 7.88. The molecule has 1 fully saturated rings. The first-order valence-corrected chi connectivity index (χ1v) is 10.9. The maximum Gasteiger partial charge on any atom is 0.410 e. The lowest BCUT2D eigenvalue weighted by molar-refractivity contribution is 0.00819. The smallest absolute Gasteiger partial charge is 0.410 e. The highest BCUT2D eigenvalue weighted by molar-refractivity contribution is 5.82. The first-order valence-electron chi connectivity index (χ1n) is 10.9. The summed E-state index contributed by atoms with van der Waals surface area (Å²) in [5.41, 5.74) is 10.1. The van der Waals surface area contributed by atoms with Crippen LogP contribution in [0.1, 0.15) is 32.3 Å². The van der Waals surface area contributed by atoms with E-state index >= 15 is 0 Å². The number of rotatable bonds is 3. The molecule has 33 heavy (non-hydrogen) atoms. The third-order valence-corrected chi connectivity index (χ3v) is 5.65. The van der Waals surface area contributed by atoms with Crippen LogP contribution in [-0.2, 0) is 4.74 Å². The summed E-state index contributed by atoms with van der Waals surface area (Å²) in [4.78, 5) is 27.5. The number of hydrogen-bond acceptors (Lipinski definition) is 6. The van der Waals surface area contributed by atoms with Gasteiger partial charge in [-0.25, -0.2) is 19.7 Å². The first kappa shape index (κ1) is 20.9. The van der Waals surface area contributed by atoms with Crippen molar-refractivity contribution in [3.63, 3.8) is 0 Å². The Bertz CT molecular complexity index is 1320. The molecule has 4 heterocycles. The average Bonchev–Trinajstić information content (AvgIpc) is 3.11. The first-order chi connectivity index (χ1) is 15.8. The molecule has 0 unspecified atom stereocenters. The molecule has 0 radical (unpaired) electrons. The van der Waals surface area contributed by atoms with Crippen molar-refractivity contribution in [2.24, 2.45) is 0 Å². The van der Waals surface area contributed by atoms with E-state index in [0.29, 0.717) is 24.7 Å². The van der Waals surface area contributed by atoms with Crippen LogP contribution in [0, 0.1) is 0 Å². The molecule has 1 aliphatic rings. The van der Waals surface area contributed by atoms with Gasteiger partial charge in [-0.1, -0.05) is 12.1 Å². The number of ether oxygens (including phenoxy) is 1. The largest absolute Gasteiger partial charge is 0.444 e. The molecule has 0 bridgehead atoms. The van der Waals surface area contributed by atoms with Crippen molar-refractivity contribution in [3.05, 3.63) is 66.5 Å². The second-order valence-electron chi connectivity index (χ2n) is 9.23. The van der Waals surface area contributed by atoms with Crippen molar-refractivity contribution in [1.82, 2.24) is 24.4 Å². The van der Waals surface area contributed by atoms with Crippen molar-refractivity contribution < 1.29 is 9.53 Å². The van der Waals surface area contributed by atoms with Crippen molar-refractivity contribution in [1.29, 1.82) is 0 Å². The average molecular weight is 443 g/mol. The minimum atomic E-state index is -0.485. The molecule has 0 atom stereocenters. The number of hydrogen-bond donors (Lipinski definition) is 1. The minimum Gasteiger partial charge on any atom is -0.444 e. The Morgan fingerprint density at radius 3 is 2.42 bits per heavy atom. The van der Waals surface area contributed by atoms with Gasteiger partial charge in [-0.3, -0.25) is 4.57 Å². The number of benzene rings is 1. The van der Waals surface area contributed by atoms with Gasteiger partial charge in [-0.15, -0.1) is 0 Å². The van der Waals surface area contributed by atoms with E-state index in [4.69, 9.17) is 15.5 Å². The summed E-state index contributed by atoms with van der Waals surface area (Å²) in [6.07, 6.45) is 3.16. The number of nitrogens with zero attached hydrogens (tertiary/aromatic N) is 5. The fourth-order valence-corrected chi connectivity index (χ4v) is 4.00. The summed E-state index contributed by atoms with van der Waals surface area (Å²) in [7, 11) is 0. The van der Waals surface area contributed by atoms with Gasteiger partial charge in [0.1, 0.15) is 16.9 Å². The molecule has 5 rings (SSSR count). The van der Waals surface area contributed by atoms with E-state index < -0.39 is 5.60 Å². The molecule has 1 aromatic carbocycles. The topological polar surface area (TPSA) is 99.2 Å². The van der Waals surface area contributed by atoms with Gasteiger partial charge in [0.15, 0.2) is 11.5 Å². The summed E-state index contributed by atoms with van der Waals surface area (Å²) in [6.45, 7) is 6.94. The van der Waals surface area contributed by atoms with E-state index in [1.807, 2.05) is 49.6 Å². The Labute approximate surface area is 192 Å². The van der Waals surface area contributed by atoms with Gasteiger partial charge in [0.2, 0.25) is 0 Å². The van der Waals surface area contributed by atoms with E-state index in [1.54, 1.807) is 17.3 Å². The van der Waals surface area contributed by atoms with Crippen molar-refractivity contribution in [3.8, 4) is 17.1 Å². The minimum absolute atomic E-state index is 0.259. The monoisotopic (exact) mass is 442 g/mol. The van der Waals surface area contributed by atoms with Crippen molar-refractivity contribution >= 4 is 23.1 Å². The summed E-state index contributed by atoms with van der Waals surface area (Å²) >= 11 is 0. The SMILES string of the molecule is CC(C)(C)OC(=O)N1CC(c2ccc(-n3c(-c4cccnc4N)nc4cccnc43)cc2)C1. The molecule has 2 N–H and O–H groups in total. The molecule has 1 aliphatic heterocycles. The highest BCUT2D eigenvalue weighted by atomic mass is 16.6. The predicted octanol–water partition coefficient (Wildman–Crippen LogP) is 4.40. The third-order valence-electron chi connectivity index (χ3n) is 5.65. The van der Waals surface area contributed by atoms with E-state index in [-0.39, 0.29) is 12.0 Å². The molecule has 1 saturated heterocycles. The predicted molar refractivity (Wildman–Crippen MR) is 127 cm³/mol. The van der Waals surface area contributed by atoms with Crippen LogP contribution in [0.25, 0.3) is 28.2 Å². The van der Waals surface area contributed by atoms with Crippen molar-refractivity contribution in [2.45, 2.75) is 32.3 Å². The van der Waals surface area contributed by atoms with Crippen LogP contribution in [0.4, 0.5) is 10.6 Å². The Kier molecular flexibility index (Phi) is 5.00. The van der Waals surface area contributed by atoms with Crippen LogP contribution in [0.5, 0.6) is 0 Å². The van der Waals surface area contributed by atoms with Gasteiger partial charge in [0.05, 0.1) is 5.56 Å². The van der Waals surface area contributed by atoms with Crippen LogP contribution in [-0.4, -0.2) is 49.2 Å². The molecule has 168 valence electrons. The fourth-order valence-electron chi connectivity index (χ4n) is 4.00. The van der Waals surface area contributed by atoms with Crippen molar-refractivity contribution in [2.75, 3.05) is 18.8 Å². The van der Waals surface area contributed by atoms with Crippen LogP contribution in [0.3, 0.4) is 0 Å². The fraction of sp³-hybridized carbons (Fsp3) is 0.280. The van der Waals surface area contributed by atoms with Crippen LogP contribution < -0.4 is 5.73 Å². The Morgan fingerprint density at radius 2 is 1.73 bits per heavy atom. The zero-order valence-corrected chi connectivity index (χ0v) is 18.9. The van der Waals surface area contributed by atoms with E-state index in [2.05, 4.69) is 34.2 Å².